The maximum Gasteiger partial charge on any atom is 0.421 e. The lowest BCUT2D eigenvalue weighted by Gasteiger charge is -2.30. The van der Waals surface area contributed by atoms with Gasteiger partial charge in [-0.3, -0.25) is 0 Å². The van der Waals surface area contributed by atoms with Gasteiger partial charge >= 0.3 is 6.18 Å². The third-order valence-electron chi connectivity index (χ3n) is 2.32. The van der Waals surface area contributed by atoms with Crippen molar-refractivity contribution in [3.63, 3.8) is 0 Å². The zero-order chi connectivity index (χ0) is 12.6. The first kappa shape index (κ1) is 13.6. The molecule has 1 rings (SSSR count). The lowest BCUT2D eigenvalue weighted by atomic mass is 9.90. The van der Waals surface area contributed by atoms with E-state index in [2.05, 4.69) is 0 Å². The van der Waals surface area contributed by atoms with E-state index in [0.717, 1.165) is 12.1 Å². The van der Waals surface area contributed by atoms with Gasteiger partial charge in [-0.05, 0) is 30.2 Å². The van der Waals surface area contributed by atoms with E-state index in [-0.39, 0.29) is 15.6 Å². The molecule has 0 bridgehead atoms. The van der Waals surface area contributed by atoms with Crippen molar-refractivity contribution in [2.75, 3.05) is 0 Å². The summed E-state index contributed by atoms with van der Waals surface area (Å²) >= 11 is 11.2. The Morgan fingerprint density at radius 1 is 1.12 bits per heavy atom. The molecule has 0 spiro atoms. The van der Waals surface area contributed by atoms with E-state index < -0.39 is 18.2 Å². The summed E-state index contributed by atoms with van der Waals surface area (Å²) in [7, 11) is 0. The van der Waals surface area contributed by atoms with Gasteiger partial charge in [0.2, 0.25) is 0 Å². The second-order valence-corrected chi connectivity index (χ2v) is 4.24. The second-order valence-electron chi connectivity index (χ2n) is 3.37. The maximum atomic E-state index is 12.7. The minimum absolute atomic E-state index is 0.0543. The Morgan fingerprint density at radius 3 is 1.88 bits per heavy atom. The molecular weight excluding hydrogens is 264 g/mol. The fourth-order valence-electron chi connectivity index (χ4n) is 1.36. The van der Waals surface area contributed by atoms with Crippen LogP contribution in [-0.2, 0) is 5.60 Å². The number of halogens is 5. The molecule has 1 atom stereocenters. The number of hydrogen-bond acceptors (Lipinski definition) is 1. The van der Waals surface area contributed by atoms with Gasteiger partial charge in [0.25, 0.3) is 0 Å². The van der Waals surface area contributed by atoms with Crippen molar-refractivity contribution in [2.45, 2.75) is 25.1 Å². The van der Waals surface area contributed by atoms with Crippen LogP contribution in [0.3, 0.4) is 0 Å². The van der Waals surface area contributed by atoms with E-state index in [9.17, 15) is 18.3 Å². The third kappa shape index (κ3) is 2.44. The van der Waals surface area contributed by atoms with Crippen LogP contribution in [-0.4, -0.2) is 11.3 Å². The Balaban J connectivity index is 3.34. The summed E-state index contributed by atoms with van der Waals surface area (Å²) in [6, 6.07) is 3.42. The van der Waals surface area contributed by atoms with Crippen LogP contribution in [0.2, 0.25) is 10.0 Å². The highest BCUT2D eigenvalue weighted by Gasteiger charge is 2.53. The quantitative estimate of drug-likeness (QED) is 0.858. The van der Waals surface area contributed by atoms with Crippen LogP contribution in [0, 0.1) is 0 Å². The molecule has 1 aromatic rings. The first-order chi connectivity index (χ1) is 7.20. The Bertz CT molecular complexity index is 372. The van der Waals surface area contributed by atoms with Crippen LogP contribution in [0.5, 0.6) is 0 Å². The molecule has 1 nitrogen and oxygen atoms in total. The van der Waals surface area contributed by atoms with E-state index >= 15 is 0 Å². The van der Waals surface area contributed by atoms with Crippen molar-refractivity contribution in [3.05, 3.63) is 33.8 Å². The van der Waals surface area contributed by atoms with E-state index in [1.165, 1.54) is 13.0 Å². The highest BCUT2D eigenvalue weighted by atomic mass is 35.5. The average molecular weight is 273 g/mol. The molecule has 0 aliphatic rings. The largest absolute Gasteiger partial charge is 0.421 e. The van der Waals surface area contributed by atoms with Crippen LogP contribution >= 0.6 is 23.2 Å². The van der Waals surface area contributed by atoms with Crippen LogP contribution in [0.4, 0.5) is 13.2 Å². The van der Waals surface area contributed by atoms with Crippen molar-refractivity contribution < 1.29 is 18.3 Å². The zero-order valence-corrected chi connectivity index (χ0v) is 9.79. The Morgan fingerprint density at radius 2 is 1.56 bits per heavy atom. The van der Waals surface area contributed by atoms with Crippen LogP contribution < -0.4 is 0 Å². The first-order valence-electron chi connectivity index (χ1n) is 4.46. The Hall–Kier alpha value is -0.450. The molecule has 0 aromatic heterocycles. The van der Waals surface area contributed by atoms with E-state index in [4.69, 9.17) is 23.2 Å². The number of benzene rings is 1. The fourth-order valence-corrected chi connectivity index (χ4v) is 1.89. The lowest BCUT2D eigenvalue weighted by molar-refractivity contribution is -0.267. The van der Waals surface area contributed by atoms with Gasteiger partial charge in [-0.15, -0.1) is 0 Å². The molecule has 90 valence electrons. The molecule has 0 amide bonds. The Kier molecular flexibility index (Phi) is 3.77. The molecule has 0 heterocycles. The molecule has 0 saturated carbocycles. The lowest BCUT2D eigenvalue weighted by Crippen LogP contribution is -2.41. The molecule has 0 fully saturated rings. The topological polar surface area (TPSA) is 20.2 Å². The van der Waals surface area contributed by atoms with Crippen molar-refractivity contribution >= 4 is 23.2 Å². The van der Waals surface area contributed by atoms with Gasteiger partial charge < -0.3 is 5.11 Å². The molecular formula is C10H9Cl2F3O. The fraction of sp³-hybridized carbons (Fsp3) is 0.400. The average Bonchev–Trinajstić information content (AvgIpc) is 2.13. The molecule has 0 radical (unpaired) electrons. The smallest absolute Gasteiger partial charge is 0.376 e. The van der Waals surface area contributed by atoms with Crippen molar-refractivity contribution in [1.29, 1.82) is 0 Å². The van der Waals surface area contributed by atoms with Gasteiger partial charge in [0.1, 0.15) is 0 Å². The molecule has 0 saturated heterocycles. The normalized spacial score (nSPS) is 15.9. The number of hydrogen-bond donors (Lipinski definition) is 1. The summed E-state index contributed by atoms with van der Waals surface area (Å²) in [6.07, 6.45) is -5.27. The predicted molar refractivity (Wildman–Crippen MR) is 56.7 cm³/mol. The summed E-state index contributed by atoms with van der Waals surface area (Å²) in [5, 5.41) is 9.74. The molecule has 6 heteroatoms. The van der Waals surface area contributed by atoms with Gasteiger partial charge in [-0.1, -0.05) is 30.1 Å². The van der Waals surface area contributed by atoms with Crippen LogP contribution in [0.1, 0.15) is 18.9 Å². The van der Waals surface area contributed by atoms with Crippen LogP contribution in [0.15, 0.2) is 18.2 Å². The summed E-state index contributed by atoms with van der Waals surface area (Å²) < 4.78 is 38.2. The van der Waals surface area contributed by atoms with Crippen molar-refractivity contribution in [2.24, 2.45) is 0 Å². The predicted octanol–water partition coefficient (Wildman–Crippen LogP) is 4.15. The Labute approximate surface area is 101 Å². The van der Waals surface area contributed by atoms with Gasteiger partial charge in [-0.25, -0.2) is 0 Å². The minimum atomic E-state index is -4.77. The molecule has 1 N–H and O–H groups in total. The van der Waals surface area contributed by atoms with Crippen molar-refractivity contribution in [3.8, 4) is 0 Å². The summed E-state index contributed by atoms with van der Waals surface area (Å²) in [6.45, 7) is 1.24. The second kappa shape index (κ2) is 4.43. The van der Waals surface area contributed by atoms with E-state index in [0.29, 0.717) is 0 Å². The summed E-state index contributed by atoms with van der Waals surface area (Å²) in [4.78, 5) is 0. The molecule has 1 unspecified atom stereocenters. The molecule has 0 aliphatic carbocycles. The summed E-state index contributed by atoms with van der Waals surface area (Å²) in [5.74, 6) is 0. The molecule has 16 heavy (non-hydrogen) atoms. The van der Waals surface area contributed by atoms with E-state index in [1.54, 1.807) is 0 Å². The van der Waals surface area contributed by atoms with Gasteiger partial charge in [-0.2, -0.15) is 13.2 Å². The number of aliphatic hydroxyl groups is 1. The number of alkyl halides is 3. The van der Waals surface area contributed by atoms with Gasteiger partial charge in [0.15, 0.2) is 5.60 Å². The maximum absolute atomic E-state index is 12.7. The van der Waals surface area contributed by atoms with Gasteiger partial charge in [0, 0.05) is 10.0 Å². The number of rotatable bonds is 2. The molecule has 0 aliphatic heterocycles. The van der Waals surface area contributed by atoms with Crippen LogP contribution in [0.25, 0.3) is 0 Å². The SMILES string of the molecule is CCC(O)(c1cc(Cl)cc(Cl)c1)C(F)(F)F. The highest BCUT2D eigenvalue weighted by Crippen LogP contribution is 2.42. The summed E-state index contributed by atoms with van der Waals surface area (Å²) in [5.41, 5.74) is -3.26. The monoisotopic (exact) mass is 272 g/mol. The van der Waals surface area contributed by atoms with Crippen molar-refractivity contribution in [1.82, 2.24) is 0 Å². The van der Waals surface area contributed by atoms with E-state index in [1.807, 2.05) is 0 Å². The van der Waals surface area contributed by atoms with Gasteiger partial charge in [0.05, 0.1) is 0 Å². The third-order valence-corrected chi connectivity index (χ3v) is 2.76. The standard InChI is InChI=1S/C10H9Cl2F3O/c1-2-9(16,10(13,14)15)6-3-7(11)5-8(12)4-6/h3-5,16H,2H2,1H3. The minimum Gasteiger partial charge on any atom is -0.376 e. The first-order valence-corrected chi connectivity index (χ1v) is 5.22. The highest BCUT2D eigenvalue weighted by molar-refractivity contribution is 6.34. The zero-order valence-electron chi connectivity index (χ0n) is 8.28. The molecule has 1 aromatic carbocycles.